The number of hydrogen-bond acceptors (Lipinski definition) is 4. The first-order valence-electron chi connectivity index (χ1n) is 7.05. The zero-order chi connectivity index (χ0) is 14.2. The minimum Gasteiger partial charge on any atom is -0.497 e. The summed E-state index contributed by atoms with van der Waals surface area (Å²) in [6.07, 6.45) is 2.94. The Balaban J connectivity index is 0.00000220. The van der Waals surface area contributed by atoms with Crippen molar-refractivity contribution < 1.29 is 9.53 Å². The first-order valence-corrected chi connectivity index (χ1v) is 8.03. The molecule has 1 aromatic carbocycles. The molecule has 1 atom stereocenters. The van der Waals surface area contributed by atoms with E-state index in [0.717, 1.165) is 29.5 Å². The van der Waals surface area contributed by atoms with Crippen LogP contribution in [-0.4, -0.2) is 37.9 Å². The molecular weight excluding hydrogens is 308 g/mol. The normalized spacial score (nSPS) is 17.1. The van der Waals surface area contributed by atoms with E-state index in [1.807, 2.05) is 24.3 Å². The third-order valence-corrected chi connectivity index (χ3v) is 4.38. The highest BCUT2D eigenvalue weighted by Gasteiger charge is 2.14. The van der Waals surface area contributed by atoms with E-state index in [4.69, 9.17) is 4.74 Å². The van der Waals surface area contributed by atoms with Gasteiger partial charge in [-0.2, -0.15) is 0 Å². The summed E-state index contributed by atoms with van der Waals surface area (Å²) in [5, 5.41) is 6.37. The molecule has 0 aromatic heterocycles. The lowest BCUT2D eigenvalue weighted by Crippen LogP contribution is -2.37. The van der Waals surface area contributed by atoms with Gasteiger partial charge in [0.15, 0.2) is 0 Å². The Hall–Kier alpha value is -0.910. The van der Waals surface area contributed by atoms with Crippen LogP contribution in [0.3, 0.4) is 0 Å². The van der Waals surface area contributed by atoms with Crippen molar-refractivity contribution in [2.24, 2.45) is 0 Å². The van der Waals surface area contributed by atoms with Gasteiger partial charge >= 0.3 is 0 Å². The number of methoxy groups -OCH3 is 1. The van der Waals surface area contributed by atoms with Crippen molar-refractivity contribution in [1.82, 2.24) is 10.6 Å². The Labute approximate surface area is 136 Å². The molecule has 6 heteroatoms. The Kier molecular flexibility index (Phi) is 8.57. The molecule has 0 aliphatic carbocycles. The summed E-state index contributed by atoms with van der Waals surface area (Å²) in [5.41, 5.74) is 0. The van der Waals surface area contributed by atoms with Crippen molar-refractivity contribution in [3.05, 3.63) is 24.3 Å². The van der Waals surface area contributed by atoms with E-state index in [9.17, 15) is 4.79 Å². The van der Waals surface area contributed by atoms with Crippen LogP contribution in [0, 0.1) is 0 Å². The van der Waals surface area contributed by atoms with Crippen molar-refractivity contribution in [3.8, 4) is 5.75 Å². The van der Waals surface area contributed by atoms with Crippen LogP contribution >= 0.6 is 24.2 Å². The number of carbonyl (C=O) groups is 1. The Morgan fingerprint density at radius 1 is 1.43 bits per heavy atom. The number of benzene rings is 1. The summed E-state index contributed by atoms with van der Waals surface area (Å²) >= 11 is 1.69. The van der Waals surface area contributed by atoms with Crippen LogP contribution in [0.4, 0.5) is 0 Å². The fourth-order valence-electron chi connectivity index (χ4n) is 2.19. The van der Waals surface area contributed by atoms with Crippen LogP contribution in [-0.2, 0) is 4.79 Å². The molecule has 1 unspecified atom stereocenters. The molecule has 2 rings (SSSR count). The van der Waals surface area contributed by atoms with E-state index in [2.05, 4.69) is 10.6 Å². The predicted molar refractivity (Wildman–Crippen MR) is 89.6 cm³/mol. The van der Waals surface area contributed by atoms with Crippen LogP contribution in [0.5, 0.6) is 5.75 Å². The first-order chi connectivity index (χ1) is 9.78. The van der Waals surface area contributed by atoms with Gasteiger partial charge in [-0.15, -0.1) is 24.2 Å². The Bertz CT molecular complexity index is 422. The second kappa shape index (κ2) is 9.92. The lowest BCUT2D eigenvalue weighted by Gasteiger charge is -2.11. The number of hydrogen-bond donors (Lipinski definition) is 2. The second-order valence-electron chi connectivity index (χ2n) is 4.87. The molecule has 1 aliphatic heterocycles. The van der Waals surface area contributed by atoms with Gasteiger partial charge in [0.25, 0.3) is 0 Å². The van der Waals surface area contributed by atoms with Crippen molar-refractivity contribution in [2.45, 2.75) is 30.2 Å². The highest BCUT2D eigenvalue weighted by Crippen LogP contribution is 2.21. The lowest BCUT2D eigenvalue weighted by molar-refractivity contribution is -0.120. The summed E-state index contributed by atoms with van der Waals surface area (Å²) in [6, 6.07) is 8.38. The topological polar surface area (TPSA) is 50.4 Å². The maximum absolute atomic E-state index is 11.7. The van der Waals surface area contributed by atoms with E-state index < -0.39 is 0 Å². The fraction of sp³-hybridized carbons (Fsp3) is 0.533. The Morgan fingerprint density at radius 2 is 2.19 bits per heavy atom. The average Bonchev–Trinajstić information content (AvgIpc) is 2.99. The molecule has 4 nitrogen and oxygen atoms in total. The highest BCUT2D eigenvalue weighted by atomic mass is 35.5. The van der Waals surface area contributed by atoms with Crippen molar-refractivity contribution >= 4 is 30.1 Å². The average molecular weight is 331 g/mol. The molecule has 1 heterocycles. The van der Waals surface area contributed by atoms with E-state index in [1.54, 1.807) is 18.9 Å². The molecule has 118 valence electrons. The summed E-state index contributed by atoms with van der Waals surface area (Å²) in [5.74, 6) is 1.80. The number of halogens is 1. The van der Waals surface area contributed by atoms with Crippen LogP contribution in [0.15, 0.2) is 29.2 Å². The van der Waals surface area contributed by atoms with Gasteiger partial charge in [0.1, 0.15) is 5.75 Å². The van der Waals surface area contributed by atoms with Gasteiger partial charge < -0.3 is 15.4 Å². The summed E-state index contributed by atoms with van der Waals surface area (Å²) < 4.78 is 5.11. The number of amides is 1. The van der Waals surface area contributed by atoms with Gasteiger partial charge in [-0.25, -0.2) is 0 Å². The molecule has 1 aromatic rings. The SMILES string of the molecule is COc1ccc(SCCC(=O)NCC2CCCN2)cc1.Cl. The molecule has 1 fully saturated rings. The van der Waals surface area contributed by atoms with Crippen LogP contribution < -0.4 is 15.4 Å². The largest absolute Gasteiger partial charge is 0.497 e. The molecule has 21 heavy (non-hydrogen) atoms. The molecule has 0 bridgehead atoms. The van der Waals surface area contributed by atoms with Crippen molar-refractivity contribution in [3.63, 3.8) is 0 Å². The van der Waals surface area contributed by atoms with Crippen molar-refractivity contribution in [2.75, 3.05) is 26.0 Å². The molecule has 0 saturated carbocycles. The van der Waals surface area contributed by atoms with E-state index in [1.165, 1.54) is 12.8 Å². The summed E-state index contributed by atoms with van der Waals surface area (Å²) in [4.78, 5) is 12.9. The minimum absolute atomic E-state index is 0. The fourth-order valence-corrected chi connectivity index (χ4v) is 3.04. The van der Waals surface area contributed by atoms with Crippen LogP contribution in [0.25, 0.3) is 0 Å². The number of thioether (sulfide) groups is 1. The van der Waals surface area contributed by atoms with E-state index in [-0.39, 0.29) is 18.3 Å². The van der Waals surface area contributed by atoms with Gasteiger partial charge in [0.05, 0.1) is 7.11 Å². The number of rotatable bonds is 7. The van der Waals surface area contributed by atoms with Gasteiger partial charge in [0.2, 0.25) is 5.91 Å². The number of ether oxygens (including phenoxy) is 1. The van der Waals surface area contributed by atoms with Gasteiger partial charge in [-0.05, 0) is 43.7 Å². The van der Waals surface area contributed by atoms with Gasteiger partial charge in [-0.3, -0.25) is 4.79 Å². The third-order valence-electron chi connectivity index (χ3n) is 3.37. The molecule has 0 radical (unpaired) electrons. The van der Waals surface area contributed by atoms with E-state index >= 15 is 0 Å². The van der Waals surface area contributed by atoms with Crippen molar-refractivity contribution in [1.29, 1.82) is 0 Å². The monoisotopic (exact) mass is 330 g/mol. The third kappa shape index (κ3) is 6.59. The molecule has 1 aliphatic rings. The minimum atomic E-state index is 0. The van der Waals surface area contributed by atoms with Gasteiger partial charge in [0, 0.05) is 29.7 Å². The van der Waals surface area contributed by atoms with Gasteiger partial charge in [-0.1, -0.05) is 0 Å². The first kappa shape index (κ1) is 18.1. The predicted octanol–water partition coefficient (Wildman–Crippen LogP) is 2.47. The molecule has 1 amide bonds. The summed E-state index contributed by atoms with van der Waals surface area (Å²) in [7, 11) is 1.66. The zero-order valence-electron chi connectivity index (χ0n) is 12.3. The zero-order valence-corrected chi connectivity index (χ0v) is 13.9. The van der Waals surface area contributed by atoms with Crippen LogP contribution in [0.2, 0.25) is 0 Å². The maximum Gasteiger partial charge on any atom is 0.220 e. The quantitative estimate of drug-likeness (QED) is 0.754. The Morgan fingerprint density at radius 3 is 2.81 bits per heavy atom. The smallest absolute Gasteiger partial charge is 0.220 e. The number of carbonyl (C=O) groups excluding carboxylic acids is 1. The molecule has 1 saturated heterocycles. The number of nitrogens with one attached hydrogen (secondary N) is 2. The maximum atomic E-state index is 11.7. The van der Waals surface area contributed by atoms with E-state index in [0.29, 0.717) is 12.5 Å². The standard InChI is InChI=1S/C15H22N2O2S.ClH/c1-19-13-4-6-14(7-5-13)20-10-8-15(18)17-11-12-3-2-9-16-12;/h4-7,12,16H,2-3,8-11H2,1H3,(H,17,18);1H. The molecular formula is C15H23ClN2O2S. The highest BCUT2D eigenvalue weighted by molar-refractivity contribution is 7.99. The summed E-state index contributed by atoms with van der Waals surface area (Å²) in [6.45, 7) is 1.83. The second-order valence-corrected chi connectivity index (χ2v) is 6.04. The van der Waals surface area contributed by atoms with Crippen LogP contribution in [0.1, 0.15) is 19.3 Å². The molecule has 0 spiro atoms. The lowest BCUT2D eigenvalue weighted by atomic mass is 10.2. The molecule has 2 N–H and O–H groups in total.